The summed E-state index contributed by atoms with van der Waals surface area (Å²) in [5, 5.41) is 25.8. The first-order valence-electron chi connectivity index (χ1n) is 6.60. The van der Waals surface area contributed by atoms with Gasteiger partial charge < -0.3 is 15.7 Å². The Morgan fingerprint density at radius 2 is 2.05 bits per heavy atom. The number of nitro groups is 1. The number of carbonyl (C=O) groups excluding carboxylic acids is 1. The van der Waals surface area contributed by atoms with E-state index < -0.39 is 17.1 Å². The molecule has 2 amide bonds. The molecule has 0 aliphatic carbocycles. The molecule has 1 atom stereocenters. The molecule has 1 rings (SSSR count). The van der Waals surface area contributed by atoms with Gasteiger partial charge in [-0.15, -0.1) is 0 Å². The maximum absolute atomic E-state index is 11.8. The molecule has 0 bridgehead atoms. The van der Waals surface area contributed by atoms with Gasteiger partial charge in [0.25, 0.3) is 5.69 Å². The normalized spacial score (nSPS) is 12.6. The monoisotopic (exact) mass is 295 g/mol. The summed E-state index contributed by atoms with van der Waals surface area (Å²) in [5.74, 6) is 0. The molecule has 0 fully saturated rings. The standard InChI is InChI=1S/C14H21N3O4/c1-9-10(6-5-7-11(9)17(20)21)16-13(19)15-8-12(18)14(2,3)4/h5-7,12,18H,8H2,1-4H3,(H2,15,16,19). The van der Waals surface area contributed by atoms with Gasteiger partial charge in [0, 0.05) is 12.6 Å². The Hall–Kier alpha value is -2.15. The molecule has 1 aromatic carbocycles. The highest BCUT2D eigenvalue weighted by Crippen LogP contribution is 2.25. The van der Waals surface area contributed by atoms with Gasteiger partial charge in [-0.2, -0.15) is 0 Å². The van der Waals surface area contributed by atoms with Crippen LogP contribution in [0.25, 0.3) is 0 Å². The maximum Gasteiger partial charge on any atom is 0.319 e. The first-order valence-corrected chi connectivity index (χ1v) is 6.60. The van der Waals surface area contributed by atoms with Gasteiger partial charge >= 0.3 is 6.03 Å². The van der Waals surface area contributed by atoms with Gasteiger partial charge in [0.05, 0.1) is 22.3 Å². The van der Waals surface area contributed by atoms with E-state index in [1.165, 1.54) is 12.1 Å². The number of urea groups is 1. The molecule has 0 spiro atoms. The first-order chi connectivity index (χ1) is 9.62. The van der Waals surface area contributed by atoms with E-state index in [0.717, 1.165) is 0 Å². The van der Waals surface area contributed by atoms with E-state index in [0.29, 0.717) is 11.3 Å². The molecule has 1 aromatic rings. The van der Waals surface area contributed by atoms with Crippen LogP contribution < -0.4 is 10.6 Å². The molecule has 3 N–H and O–H groups in total. The minimum atomic E-state index is -0.686. The summed E-state index contributed by atoms with van der Waals surface area (Å²) in [4.78, 5) is 22.1. The maximum atomic E-state index is 11.8. The predicted molar refractivity (Wildman–Crippen MR) is 80.3 cm³/mol. The van der Waals surface area contributed by atoms with Crippen molar-refractivity contribution in [3.8, 4) is 0 Å². The van der Waals surface area contributed by atoms with Gasteiger partial charge in [0.15, 0.2) is 0 Å². The number of carbonyl (C=O) groups is 1. The number of hydrogen-bond donors (Lipinski definition) is 3. The summed E-state index contributed by atoms with van der Waals surface area (Å²) in [7, 11) is 0. The Labute approximate surface area is 123 Å². The zero-order valence-electron chi connectivity index (χ0n) is 12.6. The Morgan fingerprint density at radius 3 is 2.57 bits per heavy atom. The minimum absolute atomic E-state index is 0.0532. The summed E-state index contributed by atoms with van der Waals surface area (Å²) in [6.45, 7) is 7.26. The van der Waals surface area contributed by atoms with E-state index in [4.69, 9.17) is 0 Å². The number of nitro benzene ring substituents is 1. The van der Waals surface area contributed by atoms with Crippen LogP contribution in [0, 0.1) is 22.5 Å². The number of rotatable bonds is 4. The van der Waals surface area contributed by atoms with Gasteiger partial charge in [0.2, 0.25) is 0 Å². The predicted octanol–water partition coefficient (Wildman–Crippen LogP) is 2.43. The second-order valence-electron chi connectivity index (χ2n) is 5.92. The molecular weight excluding hydrogens is 274 g/mol. The van der Waals surface area contributed by atoms with E-state index >= 15 is 0 Å². The number of amides is 2. The van der Waals surface area contributed by atoms with E-state index in [9.17, 15) is 20.0 Å². The third-order valence-electron chi connectivity index (χ3n) is 3.21. The smallest absolute Gasteiger partial charge is 0.319 e. The fourth-order valence-electron chi connectivity index (χ4n) is 1.62. The molecule has 7 heteroatoms. The van der Waals surface area contributed by atoms with Crippen molar-refractivity contribution in [3.63, 3.8) is 0 Å². The molecule has 0 aliphatic heterocycles. The van der Waals surface area contributed by atoms with E-state index in [1.54, 1.807) is 13.0 Å². The molecule has 0 aromatic heterocycles. The van der Waals surface area contributed by atoms with E-state index in [-0.39, 0.29) is 17.6 Å². The van der Waals surface area contributed by atoms with Crippen LogP contribution in [-0.2, 0) is 0 Å². The zero-order chi connectivity index (χ0) is 16.2. The molecule has 21 heavy (non-hydrogen) atoms. The van der Waals surface area contributed by atoms with Crippen LogP contribution in [0.3, 0.4) is 0 Å². The SMILES string of the molecule is Cc1c(NC(=O)NCC(O)C(C)(C)C)cccc1[N+](=O)[O-]. The number of nitrogens with zero attached hydrogens (tertiary/aromatic N) is 1. The Morgan fingerprint density at radius 1 is 1.43 bits per heavy atom. The fourth-order valence-corrected chi connectivity index (χ4v) is 1.62. The lowest BCUT2D eigenvalue weighted by molar-refractivity contribution is -0.385. The third-order valence-corrected chi connectivity index (χ3v) is 3.21. The second kappa shape index (κ2) is 6.53. The van der Waals surface area contributed by atoms with Gasteiger partial charge in [0.1, 0.15) is 0 Å². The first kappa shape index (κ1) is 16.9. The average molecular weight is 295 g/mol. The lowest BCUT2D eigenvalue weighted by atomic mass is 9.89. The molecule has 7 nitrogen and oxygen atoms in total. The van der Waals surface area contributed by atoms with Crippen molar-refractivity contribution in [1.29, 1.82) is 0 Å². The van der Waals surface area contributed by atoms with Gasteiger partial charge in [-0.1, -0.05) is 26.8 Å². The number of nitrogens with one attached hydrogen (secondary N) is 2. The van der Waals surface area contributed by atoms with Gasteiger partial charge in [-0.05, 0) is 18.4 Å². The lowest BCUT2D eigenvalue weighted by Gasteiger charge is -2.25. The summed E-state index contributed by atoms with van der Waals surface area (Å²) in [6.07, 6.45) is -0.686. The van der Waals surface area contributed by atoms with Crippen molar-refractivity contribution >= 4 is 17.4 Å². The summed E-state index contributed by atoms with van der Waals surface area (Å²) in [6, 6.07) is 3.95. The van der Waals surface area contributed by atoms with E-state index in [1.807, 2.05) is 20.8 Å². The summed E-state index contributed by atoms with van der Waals surface area (Å²) >= 11 is 0. The van der Waals surface area contributed by atoms with Crippen LogP contribution >= 0.6 is 0 Å². The molecule has 0 aliphatic rings. The van der Waals surface area contributed by atoms with Gasteiger partial charge in [-0.25, -0.2) is 4.79 Å². The topological polar surface area (TPSA) is 104 Å². The molecule has 116 valence electrons. The van der Waals surface area contributed by atoms with Crippen molar-refractivity contribution < 1.29 is 14.8 Å². The molecule has 0 radical (unpaired) electrons. The molecule has 0 saturated heterocycles. The Balaban J connectivity index is 2.68. The molecule has 0 heterocycles. The van der Waals surface area contributed by atoms with Crippen LogP contribution in [0.2, 0.25) is 0 Å². The number of benzene rings is 1. The van der Waals surface area contributed by atoms with Crippen molar-refractivity contribution in [2.24, 2.45) is 5.41 Å². The van der Waals surface area contributed by atoms with Crippen LogP contribution in [0.5, 0.6) is 0 Å². The summed E-state index contributed by atoms with van der Waals surface area (Å²) < 4.78 is 0. The van der Waals surface area contributed by atoms with E-state index in [2.05, 4.69) is 10.6 Å². The summed E-state index contributed by atoms with van der Waals surface area (Å²) in [5.41, 5.74) is 0.359. The Kier molecular flexibility index (Phi) is 5.26. The molecule has 0 saturated carbocycles. The van der Waals surface area contributed by atoms with Crippen LogP contribution in [0.4, 0.5) is 16.2 Å². The molecule has 1 unspecified atom stereocenters. The minimum Gasteiger partial charge on any atom is -0.391 e. The number of hydrogen-bond acceptors (Lipinski definition) is 4. The van der Waals surface area contributed by atoms with Crippen molar-refractivity contribution in [3.05, 3.63) is 33.9 Å². The highest BCUT2D eigenvalue weighted by molar-refractivity contribution is 5.90. The lowest BCUT2D eigenvalue weighted by Crippen LogP contribution is -2.41. The van der Waals surface area contributed by atoms with Crippen LogP contribution in [0.15, 0.2) is 18.2 Å². The number of aliphatic hydroxyl groups is 1. The van der Waals surface area contributed by atoms with Crippen LogP contribution in [0.1, 0.15) is 26.3 Å². The zero-order valence-corrected chi connectivity index (χ0v) is 12.6. The second-order valence-corrected chi connectivity index (χ2v) is 5.92. The fraction of sp³-hybridized carbons (Fsp3) is 0.500. The van der Waals surface area contributed by atoms with Crippen molar-refractivity contribution in [2.45, 2.75) is 33.8 Å². The highest BCUT2D eigenvalue weighted by Gasteiger charge is 2.22. The highest BCUT2D eigenvalue weighted by atomic mass is 16.6. The number of aliphatic hydroxyl groups excluding tert-OH is 1. The van der Waals surface area contributed by atoms with Crippen molar-refractivity contribution in [1.82, 2.24) is 5.32 Å². The molecular formula is C14H21N3O4. The van der Waals surface area contributed by atoms with Crippen molar-refractivity contribution in [2.75, 3.05) is 11.9 Å². The third kappa shape index (κ3) is 4.71. The number of anilines is 1. The largest absolute Gasteiger partial charge is 0.391 e. The quantitative estimate of drug-likeness (QED) is 0.586. The van der Waals surface area contributed by atoms with Gasteiger partial charge in [-0.3, -0.25) is 10.1 Å². The Bertz CT molecular complexity index is 538. The van der Waals surface area contributed by atoms with Crippen LogP contribution in [-0.4, -0.2) is 28.7 Å². The average Bonchev–Trinajstić information content (AvgIpc) is 2.36.